The van der Waals surface area contributed by atoms with E-state index in [0.29, 0.717) is 17.7 Å². The van der Waals surface area contributed by atoms with Gasteiger partial charge in [-0.05, 0) is 6.42 Å². The van der Waals surface area contributed by atoms with Gasteiger partial charge in [0.25, 0.3) is 0 Å². The molecule has 2 rings (SSSR count). The molecule has 0 saturated carbocycles. The van der Waals surface area contributed by atoms with Gasteiger partial charge in [0.15, 0.2) is 0 Å². The molecule has 1 aromatic rings. The lowest BCUT2D eigenvalue weighted by molar-refractivity contribution is 0.0975. The topological polar surface area (TPSA) is 63.2 Å². The number of nitrogens with one attached hydrogen (secondary N) is 1. The Morgan fingerprint density at radius 1 is 1.11 bits per heavy atom. The zero-order valence-corrected chi connectivity index (χ0v) is 11.7. The quantitative estimate of drug-likeness (QED) is 0.909. The molecule has 1 N–H and O–H groups in total. The van der Waals surface area contributed by atoms with Gasteiger partial charge in [-0.1, -0.05) is 31.2 Å². The van der Waals surface area contributed by atoms with Gasteiger partial charge < -0.3 is 5.32 Å². The molecule has 0 aliphatic heterocycles. The van der Waals surface area contributed by atoms with Crippen molar-refractivity contribution in [3.8, 4) is 0 Å². The molecule has 0 spiro atoms. The van der Waals surface area contributed by atoms with Crippen LogP contribution in [-0.4, -0.2) is 28.6 Å². The van der Waals surface area contributed by atoms with Crippen LogP contribution in [0.2, 0.25) is 0 Å². The lowest BCUT2D eigenvalue weighted by Gasteiger charge is -2.20. The third kappa shape index (κ3) is 2.38. The van der Waals surface area contributed by atoms with Crippen molar-refractivity contribution in [2.75, 3.05) is 12.8 Å². The number of benzene rings is 1. The molecular formula is C14H15NO3S. The van der Waals surface area contributed by atoms with Gasteiger partial charge in [-0.15, -0.1) is 0 Å². The first-order chi connectivity index (χ1) is 9.07. The minimum atomic E-state index is -1.50. The van der Waals surface area contributed by atoms with Crippen LogP contribution < -0.4 is 5.32 Å². The third-order valence-electron chi connectivity index (χ3n) is 2.92. The first-order valence-corrected chi connectivity index (χ1v) is 7.63. The van der Waals surface area contributed by atoms with Crippen LogP contribution in [0, 0.1) is 0 Å². The summed E-state index contributed by atoms with van der Waals surface area (Å²) in [6.45, 7) is 2.52. The van der Waals surface area contributed by atoms with Gasteiger partial charge in [-0.3, -0.25) is 13.8 Å². The molecule has 1 unspecified atom stereocenters. The fourth-order valence-electron chi connectivity index (χ4n) is 2.04. The summed E-state index contributed by atoms with van der Waals surface area (Å²) in [4.78, 5) is 24.8. The Bertz CT molecular complexity index is 604. The predicted molar refractivity (Wildman–Crippen MR) is 74.5 cm³/mol. The molecule has 0 amide bonds. The maximum atomic E-state index is 12.4. The Balaban J connectivity index is 2.59. The molecule has 1 atom stereocenters. The van der Waals surface area contributed by atoms with Gasteiger partial charge in [0.05, 0.1) is 10.8 Å². The molecular weight excluding hydrogens is 262 g/mol. The summed E-state index contributed by atoms with van der Waals surface area (Å²) >= 11 is 0. The van der Waals surface area contributed by atoms with Gasteiger partial charge in [-0.25, -0.2) is 0 Å². The monoisotopic (exact) mass is 277 g/mol. The van der Waals surface area contributed by atoms with Crippen molar-refractivity contribution in [3.05, 3.63) is 46.0 Å². The Morgan fingerprint density at radius 2 is 1.68 bits per heavy atom. The minimum Gasteiger partial charge on any atom is -0.381 e. The van der Waals surface area contributed by atoms with E-state index in [2.05, 4.69) is 5.32 Å². The lowest BCUT2D eigenvalue weighted by atomic mass is 9.92. The number of hydrogen-bond donors (Lipinski definition) is 1. The van der Waals surface area contributed by atoms with E-state index in [1.807, 2.05) is 6.92 Å². The number of Topliss-reactive ketones (excluding diaryl/α,β-unsaturated/α-hetero) is 2. The summed E-state index contributed by atoms with van der Waals surface area (Å²) in [5.74, 6) is -0.580. The largest absolute Gasteiger partial charge is 0.381 e. The number of hydrogen-bond acceptors (Lipinski definition) is 4. The first-order valence-electron chi connectivity index (χ1n) is 6.08. The zero-order chi connectivity index (χ0) is 14.0. The highest BCUT2D eigenvalue weighted by Crippen LogP contribution is 2.26. The fraction of sp³-hybridized carbons (Fsp3) is 0.286. The first kappa shape index (κ1) is 13.7. The summed E-state index contributed by atoms with van der Waals surface area (Å²) in [5, 5.41) is 2.94. The summed E-state index contributed by atoms with van der Waals surface area (Å²) in [5.41, 5.74) is 0.895. The highest BCUT2D eigenvalue weighted by atomic mass is 32.2. The molecule has 0 saturated heterocycles. The van der Waals surface area contributed by atoms with E-state index < -0.39 is 10.8 Å². The molecule has 19 heavy (non-hydrogen) atoms. The molecule has 0 fully saturated rings. The maximum absolute atomic E-state index is 12.4. The van der Waals surface area contributed by atoms with Crippen LogP contribution in [0.4, 0.5) is 0 Å². The summed E-state index contributed by atoms with van der Waals surface area (Å²) < 4.78 is 11.8. The zero-order valence-electron chi connectivity index (χ0n) is 10.9. The number of carbonyl (C=O) groups excluding carboxylic acids is 2. The van der Waals surface area contributed by atoms with Gasteiger partial charge in [-0.2, -0.15) is 0 Å². The van der Waals surface area contributed by atoms with Crippen molar-refractivity contribution in [1.29, 1.82) is 0 Å². The molecule has 0 aromatic heterocycles. The van der Waals surface area contributed by atoms with Gasteiger partial charge in [0, 0.05) is 23.9 Å². The summed E-state index contributed by atoms with van der Waals surface area (Å²) in [6, 6.07) is 6.64. The van der Waals surface area contributed by atoms with Crippen molar-refractivity contribution in [2.24, 2.45) is 0 Å². The van der Waals surface area contributed by atoms with Crippen LogP contribution in [0.3, 0.4) is 0 Å². The van der Waals surface area contributed by atoms with E-state index in [1.54, 1.807) is 24.3 Å². The van der Waals surface area contributed by atoms with Crippen molar-refractivity contribution < 1.29 is 13.8 Å². The Kier molecular flexibility index (Phi) is 3.95. The van der Waals surface area contributed by atoms with Crippen molar-refractivity contribution in [3.63, 3.8) is 0 Å². The smallest absolute Gasteiger partial charge is 0.210 e. The van der Waals surface area contributed by atoms with Crippen LogP contribution in [0.1, 0.15) is 34.1 Å². The standard InChI is InChI=1S/C14H15NO3S/c1-3-8-15-11-12(16)9-6-4-5-7-10(9)13(17)14(11)19(2)18/h4-7,15H,3,8H2,1-2H3. The fourth-order valence-corrected chi connectivity index (χ4v) is 2.86. The Hall–Kier alpha value is -1.75. The maximum Gasteiger partial charge on any atom is 0.210 e. The summed E-state index contributed by atoms with van der Waals surface area (Å²) in [6.07, 6.45) is 2.23. The van der Waals surface area contributed by atoms with Gasteiger partial charge >= 0.3 is 0 Å². The predicted octanol–water partition coefficient (Wildman–Crippen LogP) is 1.66. The van der Waals surface area contributed by atoms with Crippen molar-refractivity contribution in [1.82, 2.24) is 5.32 Å². The number of ketones is 2. The highest BCUT2D eigenvalue weighted by molar-refractivity contribution is 7.89. The molecule has 1 aliphatic rings. The van der Waals surface area contributed by atoms with E-state index in [-0.39, 0.29) is 22.2 Å². The Labute approximate surface area is 114 Å². The third-order valence-corrected chi connectivity index (χ3v) is 3.88. The van der Waals surface area contributed by atoms with E-state index in [0.717, 1.165) is 6.42 Å². The molecule has 1 aromatic carbocycles. The molecule has 1 aliphatic carbocycles. The average molecular weight is 277 g/mol. The molecule has 0 radical (unpaired) electrons. The van der Waals surface area contributed by atoms with E-state index >= 15 is 0 Å². The molecule has 4 nitrogen and oxygen atoms in total. The van der Waals surface area contributed by atoms with Crippen LogP contribution >= 0.6 is 0 Å². The summed E-state index contributed by atoms with van der Waals surface area (Å²) in [7, 11) is -1.50. The number of fused-ring (bicyclic) bond motifs is 1. The molecule has 0 heterocycles. The minimum absolute atomic E-state index is 0.0807. The van der Waals surface area contributed by atoms with Crippen LogP contribution in [0.25, 0.3) is 0 Å². The number of allylic oxidation sites excluding steroid dienone is 2. The van der Waals surface area contributed by atoms with E-state index in [9.17, 15) is 13.8 Å². The van der Waals surface area contributed by atoms with Crippen LogP contribution in [0.15, 0.2) is 34.9 Å². The second kappa shape index (κ2) is 5.48. The van der Waals surface area contributed by atoms with Crippen LogP contribution in [-0.2, 0) is 10.8 Å². The lowest BCUT2D eigenvalue weighted by Crippen LogP contribution is -2.32. The van der Waals surface area contributed by atoms with Crippen LogP contribution in [0.5, 0.6) is 0 Å². The van der Waals surface area contributed by atoms with Crippen molar-refractivity contribution in [2.45, 2.75) is 13.3 Å². The second-order valence-electron chi connectivity index (χ2n) is 4.29. The second-order valence-corrected chi connectivity index (χ2v) is 5.61. The SMILES string of the molecule is CCCNC1=C(S(C)=O)C(=O)c2ccccc2C1=O. The molecule has 0 bridgehead atoms. The Morgan fingerprint density at radius 3 is 2.21 bits per heavy atom. The van der Waals surface area contributed by atoms with E-state index in [1.165, 1.54) is 6.26 Å². The highest BCUT2D eigenvalue weighted by Gasteiger charge is 2.33. The van der Waals surface area contributed by atoms with Gasteiger partial charge in [0.1, 0.15) is 10.6 Å². The number of rotatable bonds is 4. The van der Waals surface area contributed by atoms with E-state index in [4.69, 9.17) is 0 Å². The molecule has 5 heteroatoms. The van der Waals surface area contributed by atoms with Crippen molar-refractivity contribution >= 4 is 22.4 Å². The normalized spacial score (nSPS) is 16.3. The van der Waals surface area contributed by atoms with Gasteiger partial charge in [0.2, 0.25) is 11.6 Å². The number of carbonyl (C=O) groups is 2. The molecule has 100 valence electrons. The average Bonchev–Trinajstić information content (AvgIpc) is 2.40.